The van der Waals surface area contributed by atoms with Crippen LogP contribution in [-0.2, 0) is 4.74 Å². The van der Waals surface area contributed by atoms with Crippen LogP contribution in [0.4, 0.5) is 4.79 Å². The quantitative estimate of drug-likeness (QED) is 0.587. The molecule has 0 aliphatic carbocycles. The van der Waals surface area contributed by atoms with Gasteiger partial charge in [-0.25, -0.2) is 4.79 Å². The molecule has 4 nitrogen and oxygen atoms in total. The van der Waals surface area contributed by atoms with Crippen molar-refractivity contribution in [2.24, 2.45) is 0 Å². The van der Waals surface area contributed by atoms with Crippen LogP contribution in [0, 0.1) is 0 Å². The monoisotopic (exact) mass is 146 g/mol. The Morgan fingerprint density at radius 1 is 1.60 bits per heavy atom. The minimum Gasteiger partial charge on any atom is -0.445 e. The summed E-state index contributed by atoms with van der Waals surface area (Å²) in [7, 11) is 3.35. The number of hydrogen-bond acceptors (Lipinski definition) is 3. The topological polar surface area (TPSA) is 50.4 Å². The van der Waals surface area contributed by atoms with Crippen molar-refractivity contribution in [1.29, 1.82) is 0 Å². The van der Waals surface area contributed by atoms with Crippen LogP contribution < -0.4 is 10.6 Å². The molecule has 0 aliphatic heterocycles. The molecule has 1 amide bonds. The van der Waals surface area contributed by atoms with E-state index in [0.717, 1.165) is 0 Å². The van der Waals surface area contributed by atoms with Crippen molar-refractivity contribution in [3.63, 3.8) is 0 Å². The highest BCUT2D eigenvalue weighted by Crippen LogP contribution is 1.87. The Kier molecular flexibility index (Phi) is 4.66. The van der Waals surface area contributed by atoms with Crippen LogP contribution in [0.15, 0.2) is 0 Å². The van der Waals surface area contributed by atoms with Crippen LogP contribution in [-0.4, -0.2) is 32.8 Å². The van der Waals surface area contributed by atoms with Crippen molar-refractivity contribution in [3.05, 3.63) is 0 Å². The summed E-state index contributed by atoms with van der Waals surface area (Å²) in [4.78, 5) is 10.5. The molecule has 0 saturated carbocycles. The molecule has 0 fully saturated rings. The number of alkyl carbamates (subject to hydrolysis) is 1. The van der Waals surface area contributed by atoms with Gasteiger partial charge in [0.15, 0.2) is 0 Å². The molecule has 4 heteroatoms. The van der Waals surface area contributed by atoms with Gasteiger partial charge in [0.2, 0.25) is 0 Å². The van der Waals surface area contributed by atoms with E-state index in [1.54, 1.807) is 0 Å². The van der Waals surface area contributed by atoms with E-state index in [1.165, 1.54) is 7.05 Å². The van der Waals surface area contributed by atoms with E-state index >= 15 is 0 Å². The van der Waals surface area contributed by atoms with Gasteiger partial charge < -0.3 is 15.4 Å². The fraction of sp³-hybridized carbons (Fsp3) is 0.833. The maximum Gasteiger partial charge on any atom is 0.407 e. The summed E-state index contributed by atoms with van der Waals surface area (Å²) < 4.78 is 4.83. The second-order valence-electron chi connectivity index (χ2n) is 2.02. The lowest BCUT2D eigenvalue weighted by molar-refractivity contribution is 0.109. The number of likely N-dealkylation sites (N-methyl/N-ethyl adjacent to an activating group) is 1. The second kappa shape index (κ2) is 5.05. The number of ether oxygens (including phenoxy) is 1. The molecule has 10 heavy (non-hydrogen) atoms. The lowest BCUT2D eigenvalue weighted by Crippen LogP contribution is -2.30. The number of carbonyl (C=O) groups is 1. The maximum atomic E-state index is 10.5. The van der Waals surface area contributed by atoms with Crippen LogP contribution in [0.1, 0.15) is 6.92 Å². The minimum absolute atomic E-state index is 0.0788. The predicted molar refractivity (Wildman–Crippen MR) is 38.9 cm³/mol. The van der Waals surface area contributed by atoms with Crippen molar-refractivity contribution in [2.75, 3.05) is 20.6 Å². The van der Waals surface area contributed by atoms with E-state index in [2.05, 4.69) is 10.6 Å². The molecule has 1 unspecified atom stereocenters. The van der Waals surface area contributed by atoms with Gasteiger partial charge in [-0.05, 0) is 14.0 Å². The standard InChI is InChI=1S/C6H14N2O2/c1-5(4-7-2)10-6(9)8-3/h5,7H,4H2,1-3H3,(H,8,9). The summed E-state index contributed by atoms with van der Waals surface area (Å²) >= 11 is 0. The van der Waals surface area contributed by atoms with Crippen LogP contribution in [0.25, 0.3) is 0 Å². The lowest BCUT2D eigenvalue weighted by atomic mass is 10.4. The van der Waals surface area contributed by atoms with E-state index in [4.69, 9.17) is 4.74 Å². The van der Waals surface area contributed by atoms with E-state index in [9.17, 15) is 4.79 Å². The molecule has 0 heterocycles. The Balaban J connectivity index is 3.37. The summed E-state index contributed by atoms with van der Waals surface area (Å²) in [5, 5.41) is 5.26. The van der Waals surface area contributed by atoms with E-state index in [-0.39, 0.29) is 12.2 Å². The Morgan fingerprint density at radius 3 is 2.60 bits per heavy atom. The van der Waals surface area contributed by atoms with Crippen molar-refractivity contribution in [3.8, 4) is 0 Å². The lowest BCUT2D eigenvalue weighted by Gasteiger charge is -2.11. The Morgan fingerprint density at radius 2 is 2.20 bits per heavy atom. The first-order valence-corrected chi connectivity index (χ1v) is 3.23. The first kappa shape index (κ1) is 9.23. The highest BCUT2D eigenvalue weighted by molar-refractivity contribution is 5.66. The fourth-order valence-corrected chi connectivity index (χ4v) is 0.571. The molecule has 0 radical (unpaired) electrons. The van der Waals surface area contributed by atoms with Crippen molar-refractivity contribution >= 4 is 6.09 Å². The van der Waals surface area contributed by atoms with E-state index in [0.29, 0.717) is 6.54 Å². The molecule has 0 bridgehead atoms. The predicted octanol–water partition coefficient (Wildman–Crippen LogP) is -0.0497. The number of hydrogen-bond donors (Lipinski definition) is 2. The fourth-order valence-electron chi connectivity index (χ4n) is 0.571. The van der Waals surface area contributed by atoms with Gasteiger partial charge >= 0.3 is 6.09 Å². The van der Waals surface area contributed by atoms with Crippen LogP contribution in [0.2, 0.25) is 0 Å². The normalized spacial score (nSPS) is 12.3. The summed E-state index contributed by atoms with van der Waals surface area (Å²) in [5.41, 5.74) is 0. The van der Waals surface area contributed by atoms with Gasteiger partial charge in [0, 0.05) is 13.6 Å². The van der Waals surface area contributed by atoms with Crippen LogP contribution in [0.3, 0.4) is 0 Å². The zero-order valence-electron chi connectivity index (χ0n) is 6.60. The molecule has 0 rings (SSSR count). The molecule has 0 aliphatic rings. The first-order chi connectivity index (χ1) is 4.70. The Hall–Kier alpha value is -0.770. The largest absolute Gasteiger partial charge is 0.445 e. The van der Waals surface area contributed by atoms with Gasteiger partial charge in [-0.1, -0.05) is 0 Å². The Bertz CT molecular complexity index is 106. The molecular formula is C6H14N2O2. The minimum atomic E-state index is -0.386. The van der Waals surface area contributed by atoms with Crippen LogP contribution >= 0.6 is 0 Å². The molecule has 0 aromatic heterocycles. The van der Waals surface area contributed by atoms with Gasteiger partial charge in [-0.2, -0.15) is 0 Å². The highest BCUT2D eigenvalue weighted by Gasteiger charge is 2.04. The molecule has 1 atom stereocenters. The molecule has 2 N–H and O–H groups in total. The third-order valence-corrected chi connectivity index (χ3v) is 1.00. The zero-order valence-corrected chi connectivity index (χ0v) is 6.60. The molecule has 60 valence electrons. The SMILES string of the molecule is CNCC(C)OC(=O)NC. The second-order valence-corrected chi connectivity index (χ2v) is 2.02. The third kappa shape index (κ3) is 4.14. The molecule has 0 spiro atoms. The average molecular weight is 146 g/mol. The maximum absolute atomic E-state index is 10.5. The Labute approximate surface area is 60.9 Å². The van der Waals surface area contributed by atoms with E-state index in [1.807, 2.05) is 14.0 Å². The first-order valence-electron chi connectivity index (χ1n) is 3.23. The van der Waals surface area contributed by atoms with E-state index < -0.39 is 0 Å². The number of nitrogens with one attached hydrogen (secondary N) is 2. The average Bonchev–Trinajstić information content (AvgIpc) is 1.88. The van der Waals surface area contributed by atoms with Gasteiger partial charge in [0.25, 0.3) is 0 Å². The highest BCUT2D eigenvalue weighted by atomic mass is 16.6. The smallest absolute Gasteiger partial charge is 0.407 e. The summed E-state index contributed by atoms with van der Waals surface area (Å²) in [5.74, 6) is 0. The summed E-state index contributed by atoms with van der Waals surface area (Å²) in [6.07, 6.45) is -0.465. The van der Waals surface area contributed by atoms with Crippen molar-refractivity contribution in [1.82, 2.24) is 10.6 Å². The molecule has 0 aromatic rings. The molecular weight excluding hydrogens is 132 g/mol. The molecule has 0 saturated heterocycles. The zero-order chi connectivity index (χ0) is 7.98. The summed E-state index contributed by atoms with van der Waals surface area (Å²) in [6.45, 7) is 2.50. The van der Waals surface area contributed by atoms with Gasteiger partial charge in [0.05, 0.1) is 0 Å². The number of rotatable bonds is 3. The summed E-state index contributed by atoms with van der Waals surface area (Å²) in [6, 6.07) is 0. The number of carbonyl (C=O) groups excluding carboxylic acids is 1. The van der Waals surface area contributed by atoms with Crippen molar-refractivity contribution < 1.29 is 9.53 Å². The third-order valence-electron chi connectivity index (χ3n) is 1.00. The molecule has 0 aromatic carbocycles. The van der Waals surface area contributed by atoms with Gasteiger partial charge in [-0.15, -0.1) is 0 Å². The van der Waals surface area contributed by atoms with Gasteiger partial charge in [0.1, 0.15) is 6.10 Å². The number of amides is 1. The van der Waals surface area contributed by atoms with Crippen LogP contribution in [0.5, 0.6) is 0 Å². The van der Waals surface area contributed by atoms with Crippen molar-refractivity contribution in [2.45, 2.75) is 13.0 Å². The van der Waals surface area contributed by atoms with Gasteiger partial charge in [-0.3, -0.25) is 0 Å².